The fraction of sp³-hybridized carbons (Fsp3) is 0.571. The van der Waals surface area contributed by atoms with E-state index in [-0.39, 0.29) is 23.8 Å². The summed E-state index contributed by atoms with van der Waals surface area (Å²) in [4.78, 5) is 28.5. The number of carbonyl (C=O) groups is 2. The zero-order valence-electron chi connectivity index (χ0n) is 12.1. The molecule has 2 heterocycles. The summed E-state index contributed by atoms with van der Waals surface area (Å²) in [7, 11) is 5.75. The van der Waals surface area contributed by atoms with Crippen molar-refractivity contribution in [3.05, 3.63) is 22.4 Å². The number of thiophene rings is 1. The van der Waals surface area contributed by atoms with E-state index in [1.807, 2.05) is 25.5 Å². The van der Waals surface area contributed by atoms with E-state index < -0.39 is 0 Å². The summed E-state index contributed by atoms with van der Waals surface area (Å²) < 4.78 is 0. The number of rotatable bonds is 5. The van der Waals surface area contributed by atoms with Crippen LogP contribution in [0, 0.1) is 5.92 Å². The van der Waals surface area contributed by atoms with Crippen molar-refractivity contribution in [3.63, 3.8) is 0 Å². The van der Waals surface area contributed by atoms with Crippen molar-refractivity contribution in [2.45, 2.75) is 12.5 Å². The van der Waals surface area contributed by atoms with Gasteiger partial charge in [-0.15, -0.1) is 11.3 Å². The molecule has 0 aromatic carbocycles. The van der Waals surface area contributed by atoms with Gasteiger partial charge in [0.2, 0.25) is 11.8 Å². The molecule has 2 atom stereocenters. The number of hydrogen-bond acceptors (Lipinski definition) is 4. The molecular formula is C14H21N3O2S. The van der Waals surface area contributed by atoms with Gasteiger partial charge >= 0.3 is 0 Å². The molecule has 2 rings (SSSR count). The molecule has 1 aromatic rings. The SMILES string of the molecule is CN1C[C@@H](C(=O)NC[C@H](c2cccs2)N(C)C)CC1=O. The zero-order valence-corrected chi connectivity index (χ0v) is 12.9. The van der Waals surface area contributed by atoms with Crippen LogP contribution in [0.1, 0.15) is 17.3 Å². The van der Waals surface area contributed by atoms with Crippen LogP contribution in [0.5, 0.6) is 0 Å². The number of nitrogens with zero attached hydrogens (tertiary/aromatic N) is 2. The molecule has 5 nitrogen and oxygen atoms in total. The molecule has 1 aliphatic rings. The summed E-state index contributed by atoms with van der Waals surface area (Å²) in [5.41, 5.74) is 0. The molecule has 0 saturated carbocycles. The van der Waals surface area contributed by atoms with Gasteiger partial charge in [-0.1, -0.05) is 6.07 Å². The summed E-state index contributed by atoms with van der Waals surface area (Å²) in [6.45, 7) is 1.09. The van der Waals surface area contributed by atoms with Crippen molar-refractivity contribution in [2.75, 3.05) is 34.2 Å². The number of amides is 2. The molecule has 110 valence electrons. The second kappa shape index (κ2) is 6.37. The summed E-state index contributed by atoms with van der Waals surface area (Å²) in [5, 5.41) is 5.02. The first-order valence-electron chi connectivity index (χ1n) is 6.70. The van der Waals surface area contributed by atoms with Crippen LogP contribution in [0.2, 0.25) is 0 Å². The highest BCUT2D eigenvalue weighted by Crippen LogP contribution is 2.23. The average molecular weight is 295 g/mol. The van der Waals surface area contributed by atoms with Crippen LogP contribution in [0.3, 0.4) is 0 Å². The van der Waals surface area contributed by atoms with Crippen molar-refractivity contribution in [1.82, 2.24) is 15.1 Å². The van der Waals surface area contributed by atoms with Crippen molar-refractivity contribution in [1.29, 1.82) is 0 Å². The summed E-state index contributed by atoms with van der Waals surface area (Å²) in [6, 6.07) is 4.27. The Morgan fingerprint density at radius 2 is 2.35 bits per heavy atom. The van der Waals surface area contributed by atoms with Crippen molar-refractivity contribution in [3.8, 4) is 0 Å². The average Bonchev–Trinajstić information content (AvgIpc) is 3.00. The highest BCUT2D eigenvalue weighted by atomic mass is 32.1. The number of likely N-dealkylation sites (tertiary alicyclic amines) is 1. The minimum Gasteiger partial charge on any atom is -0.354 e. The number of nitrogens with one attached hydrogen (secondary N) is 1. The first-order chi connectivity index (χ1) is 9.49. The lowest BCUT2D eigenvalue weighted by molar-refractivity contribution is -0.128. The largest absolute Gasteiger partial charge is 0.354 e. The molecule has 1 fully saturated rings. The number of carbonyl (C=O) groups excluding carboxylic acids is 2. The Kier molecular flexibility index (Phi) is 4.77. The molecule has 0 aliphatic carbocycles. The van der Waals surface area contributed by atoms with E-state index in [1.54, 1.807) is 23.3 Å². The lowest BCUT2D eigenvalue weighted by Gasteiger charge is -2.24. The molecule has 1 aliphatic heterocycles. The second-order valence-electron chi connectivity index (χ2n) is 5.42. The second-order valence-corrected chi connectivity index (χ2v) is 6.39. The van der Waals surface area contributed by atoms with E-state index in [0.29, 0.717) is 19.5 Å². The fourth-order valence-corrected chi connectivity index (χ4v) is 3.32. The van der Waals surface area contributed by atoms with E-state index >= 15 is 0 Å². The molecular weight excluding hydrogens is 274 g/mol. The third-order valence-electron chi connectivity index (χ3n) is 3.68. The van der Waals surface area contributed by atoms with Gasteiger partial charge in [0.05, 0.1) is 12.0 Å². The molecule has 0 bridgehead atoms. The topological polar surface area (TPSA) is 52.7 Å². The summed E-state index contributed by atoms with van der Waals surface area (Å²) in [6.07, 6.45) is 0.327. The van der Waals surface area contributed by atoms with Gasteiger partial charge in [0.25, 0.3) is 0 Å². The van der Waals surface area contributed by atoms with Crippen molar-refractivity contribution < 1.29 is 9.59 Å². The van der Waals surface area contributed by atoms with Crippen LogP contribution in [0.15, 0.2) is 17.5 Å². The van der Waals surface area contributed by atoms with Crippen molar-refractivity contribution >= 4 is 23.2 Å². The lowest BCUT2D eigenvalue weighted by atomic mass is 10.1. The Bertz CT molecular complexity index is 473. The molecule has 1 saturated heterocycles. The van der Waals surface area contributed by atoms with Gasteiger partial charge in [0, 0.05) is 31.4 Å². The van der Waals surface area contributed by atoms with Gasteiger partial charge in [0.15, 0.2) is 0 Å². The Balaban J connectivity index is 1.90. The maximum absolute atomic E-state index is 12.1. The van der Waals surface area contributed by atoms with Gasteiger partial charge in [-0.25, -0.2) is 0 Å². The van der Waals surface area contributed by atoms with Crippen LogP contribution in [-0.2, 0) is 9.59 Å². The molecule has 1 N–H and O–H groups in total. The lowest BCUT2D eigenvalue weighted by Crippen LogP contribution is -2.38. The summed E-state index contributed by atoms with van der Waals surface area (Å²) >= 11 is 1.69. The molecule has 1 aromatic heterocycles. The predicted molar refractivity (Wildman–Crippen MR) is 79.5 cm³/mol. The minimum atomic E-state index is -0.210. The van der Waals surface area contributed by atoms with Gasteiger partial charge in [-0.3, -0.25) is 9.59 Å². The normalized spacial score (nSPS) is 20.5. The monoisotopic (exact) mass is 295 g/mol. The quantitative estimate of drug-likeness (QED) is 0.880. The highest BCUT2D eigenvalue weighted by Gasteiger charge is 2.32. The Morgan fingerprint density at radius 1 is 1.60 bits per heavy atom. The number of likely N-dealkylation sites (N-methyl/N-ethyl adjacent to an activating group) is 1. The van der Waals surface area contributed by atoms with E-state index in [2.05, 4.69) is 16.3 Å². The van der Waals surface area contributed by atoms with Crippen LogP contribution >= 0.6 is 11.3 Å². The Morgan fingerprint density at radius 3 is 2.85 bits per heavy atom. The fourth-order valence-electron chi connectivity index (χ4n) is 2.40. The zero-order chi connectivity index (χ0) is 14.7. The highest BCUT2D eigenvalue weighted by molar-refractivity contribution is 7.10. The van der Waals surface area contributed by atoms with Crippen LogP contribution in [0.4, 0.5) is 0 Å². The van der Waals surface area contributed by atoms with Gasteiger partial charge < -0.3 is 15.1 Å². The van der Waals surface area contributed by atoms with E-state index in [4.69, 9.17) is 0 Å². The molecule has 2 amide bonds. The van der Waals surface area contributed by atoms with E-state index in [9.17, 15) is 9.59 Å². The Labute approximate surface area is 123 Å². The van der Waals surface area contributed by atoms with Crippen molar-refractivity contribution in [2.24, 2.45) is 5.92 Å². The molecule has 20 heavy (non-hydrogen) atoms. The summed E-state index contributed by atoms with van der Waals surface area (Å²) in [5.74, 6) is -0.183. The maximum Gasteiger partial charge on any atom is 0.225 e. The third kappa shape index (κ3) is 3.37. The van der Waals surface area contributed by atoms with Gasteiger partial charge in [0.1, 0.15) is 0 Å². The molecule has 0 unspecified atom stereocenters. The number of hydrogen-bond donors (Lipinski definition) is 1. The van der Waals surface area contributed by atoms with Crippen LogP contribution in [0.25, 0.3) is 0 Å². The Hall–Kier alpha value is -1.40. The first kappa shape index (κ1) is 15.0. The maximum atomic E-state index is 12.1. The predicted octanol–water partition coefficient (Wildman–Crippen LogP) is 0.945. The van der Waals surface area contributed by atoms with Gasteiger partial charge in [-0.05, 0) is 25.5 Å². The van der Waals surface area contributed by atoms with E-state index in [1.165, 1.54) is 4.88 Å². The molecule has 0 spiro atoms. The first-order valence-corrected chi connectivity index (χ1v) is 7.58. The van der Waals surface area contributed by atoms with E-state index in [0.717, 1.165) is 0 Å². The standard InChI is InChI=1S/C14H21N3O2S/c1-16(2)11(12-5-4-6-20-12)8-15-14(19)10-7-13(18)17(3)9-10/h4-6,10-11H,7-9H2,1-3H3,(H,15,19)/t10-,11+/m0/s1. The van der Waals surface area contributed by atoms with Gasteiger partial charge in [-0.2, -0.15) is 0 Å². The minimum absolute atomic E-state index is 0.0221. The molecule has 6 heteroatoms. The van der Waals surface area contributed by atoms with Crippen LogP contribution < -0.4 is 5.32 Å². The third-order valence-corrected chi connectivity index (χ3v) is 4.65. The smallest absolute Gasteiger partial charge is 0.225 e. The molecule has 0 radical (unpaired) electrons. The van der Waals surface area contributed by atoms with Crippen LogP contribution in [-0.4, -0.2) is 55.8 Å².